The van der Waals surface area contributed by atoms with Crippen LogP contribution in [-0.2, 0) is 10.0 Å². The molecule has 0 spiro atoms. The van der Waals surface area contributed by atoms with Crippen LogP contribution in [0.15, 0.2) is 29.2 Å². The zero-order valence-electron chi connectivity index (χ0n) is 12.3. The highest BCUT2D eigenvalue weighted by Gasteiger charge is 2.21. The number of nitrogens with zero attached hydrogens (tertiary/aromatic N) is 1. The minimum absolute atomic E-state index is 0.322. The van der Waals surface area contributed by atoms with E-state index >= 15 is 0 Å². The molecule has 0 aromatic heterocycles. The number of hydrogen-bond acceptors (Lipinski definition) is 4. The summed E-state index contributed by atoms with van der Waals surface area (Å²) in [5, 5.41) is 6.91. The number of rotatable bonds is 4. The van der Waals surface area contributed by atoms with Gasteiger partial charge in [-0.2, -0.15) is 0 Å². The molecule has 0 saturated carbocycles. The number of nitrogens with one attached hydrogen (secondary N) is 2. The summed E-state index contributed by atoms with van der Waals surface area (Å²) in [6, 6.07) is 7.78. The van der Waals surface area contributed by atoms with Crippen LogP contribution < -0.4 is 10.6 Å². The summed E-state index contributed by atoms with van der Waals surface area (Å²) >= 11 is 0. The van der Waals surface area contributed by atoms with Gasteiger partial charge >= 0.3 is 0 Å². The Hall–Kier alpha value is -1.11. The number of piperidine rings is 1. The minimum Gasteiger partial charge on any atom is -0.381 e. The van der Waals surface area contributed by atoms with Crippen molar-refractivity contribution in [2.75, 3.05) is 26.0 Å². The van der Waals surface area contributed by atoms with Gasteiger partial charge in [0.1, 0.15) is 0 Å². The van der Waals surface area contributed by atoms with Crippen LogP contribution in [0.5, 0.6) is 0 Å². The molecule has 0 aliphatic carbocycles. The molecule has 1 aromatic rings. The van der Waals surface area contributed by atoms with Gasteiger partial charge in [-0.05, 0) is 50.6 Å². The summed E-state index contributed by atoms with van der Waals surface area (Å²) < 4.78 is 25.2. The Morgan fingerprint density at radius 2 is 1.90 bits per heavy atom. The second kappa shape index (κ2) is 6.11. The van der Waals surface area contributed by atoms with E-state index in [0.717, 1.165) is 25.1 Å². The first-order valence-electron chi connectivity index (χ1n) is 6.94. The zero-order chi connectivity index (χ0) is 14.8. The first kappa shape index (κ1) is 15.3. The van der Waals surface area contributed by atoms with Crippen molar-refractivity contribution in [3.8, 4) is 0 Å². The normalized spacial score (nSPS) is 23.8. The van der Waals surface area contributed by atoms with Crippen molar-refractivity contribution in [1.82, 2.24) is 9.62 Å². The van der Waals surface area contributed by atoms with Crippen molar-refractivity contribution >= 4 is 15.7 Å². The molecule has 2 rings (SSSR count). The monoisotopic (exact) mass is 297 g/mol. The maximum Gasteiger partial charge on any atom is 0.242 e. The Morgan fingerprint density at radius 3 is 2.45 bits per heavy atom. The summed E-state index contributed by atoms with van der Waals surface area (Å²) in [5.41, 5.74) is 0.961. The fourth-order valence-electron chi connectivity index (χ4n) is 2.39. The Kier molecular flexibility index (Phi) is 4.67. The molecule has 0 radical (unpaired) electrons. The van der Waals surface area contributed by atoms with Gasteiger partial charge in [0.05, 0.1) is 4.90 Å². The van der Waals surface area contributed by atoms with Gasteiger partial charge in [-0.25, -0.2) is 12.7 Å². The smallest absolute Gasteiger partial charge is 0.242 e. The van der Waals surface area contributed by atoms with E-state index in [0.29, 0.717) is 17.0 Å². The van der Waals surface area contributed by atoms with E-state index < -0.39 is 10.0 Å². The molecule has 2 unspecified atom stereocenters. The van der Waals surface area contributed by atoms with Crippen molar-refractivity contribution in [3.05, 3.63) is 24.3 Å². The van der Waals surface area contributed by atoms with Crippen molar-refractivity contribution in [2.24, 2.45) is 0 Å². The molecule has 5 nitrogen and oxygen atoms in total. The molecule has 1 fully saturated rings. The lowest BCUT2D eigenvalue weighted by atomic mass is 9.99. The van der Waals surface area contributed by atoms with Gasteiger partial charge in [0.2, 0.25) is 10.0 Å². The lowest BCUT2D eigenvalue weighted by molar-refractivity contribution is 0.389. The third-order valence-corrected chi connectivity index (χ3v) is 5.58. The summed E-state index contributed by atoms with van der Waals surface area (Å²) in [6.07, 6.45) is 2.29. The van der Waals surface area contributed by atoms with E-state index in [4.69, 9.17) is 0 Å². The highest BCUT2D eigenvalue weighted by Crippen LogP contribution is 2.19. The number of sulfonamides is 1. The van der Waals surface area contributed by atoms with Crippen molar-refractivity contribution in [3.63, 3.8) is 0 Å². The lowest BCUT2D eigenvalue weighted by Gasteiger charge is -2.31. The molecule has 0 bridgehead atoms. The van der Waals surface area contributed by atoms with Gasteiger partial charge < -0.3 is 10.6 Å². The third-order valence-electron chi connectivity index (χ3n) is 3.75. The van der Waals surface area contributed by atoms with Crippen LogP contribution in [-0.4, -0.2) is 45.4 Å². The fraction of sp³-hybridized carbons (Fsp3) is 0.571. The van der Waals surface area contributed by atoms with Crippen LogP contribution in [0, 0.1) is 0 Å². The van der Waals surface area contributed by atoms with E-state index in [1.165, 1.54) is 18.4 Å². The van der Waals surface area contributed by atoms with Crippen LogP contribution >= 0.6 is 0 Å². The average molecular weight is 297 g/mol. The van der Waals surface area contributed by atoms with Crippen LogP contribution in [0.4, 0.5) is 5.69 Å². The summed E-state index contributed by atoms with van der Waals surface area (Å²) in [4.78, 5) is 0.322. The summed E-state index contributed by atoms with van der Waals surface area (Å²) in [5.74, 6) is 0. The van der Waals surface area contributed by atoms with Gasteiger partial charge in [0.15, 0.2) is 0 Å². The topological polar surface area (TPSA) is 61.4 Å². The van der Waals surface area contributed by atoms with Gasteiger partial charge in [-0.15, -0.1) is 0 Å². The van der Waals surface area contributed by atoms with E-state index in [1.54, 1.807) is 12.1 Å². The number of anilines is 1. The molecule has 2 atom stereocenters. The molecule has 1 aliphatic heterocycles. The molecular formula is C14H23N3O2S. The molecule has 0 amide bonds. The first-order chi connectivity index (χ1) is 9.41. The van der Waals surface area contributed by atoms with Crippen molar-refractivity contribution in [1.29, 1.82) is 0 Å². The Labute approximate surface area is 121 Å². The Balaban J connectivity index is 2.09. The standard InChI is InChI=1S/C14H23N3O2S/c1-11-14(5-4-10-15-11)16-12-6-8-13(9-7-12)20(18,19)17(2)3/h6-9,11,14-16H,4-5,10H2,1-3H3. The van der Waals surface area contributed by atoms with E-state index in [9.17, 15) is 8.42 Å². The fourth-order valence-corrected chi connectivity index (χ4v) is 3.29. The second-order valence-electron chi connectivity index (χ2n) is 5.45. The molecule has 1 heterocycles. The SMILES string of the molecule is CC1NCCCC1Nc1ccc(S(=O)(=O)N(C)C)cc1. The molecule has 1 aliphatic rings. The van der Waals surface area contributed by atoms with Gasteiger partial charge in [0.25, 0.3) is 0 Å². The van der Waals surface area contributed by atoms with Gasteiger partial charge in [-0.3, -0.25) is 0 Å². The molecular weight excluding hydrogens is 274 g/mol. The minimum atomic E-state index is -3.34. The summed E-state index contributed by atoms with van der Waals surface area (Å²) in [7, 11) is -0.267. The van der Waals surface area contributed by atoms with Crippen molar-refractivity contribution in [2.45, 2.75) is 36.7 Å². The maximum absolute atomic E-state index is 12.0. The Bertz CT molecular complexity index is 540. The van der Waals surface area contributed by atoms with E-state index in [1.807, 2.05) is 12.1 Å². The highest BCUT2D eigenvalue weighted by molar-refractivity contribution is 7.89. The highest BCUT2D eigenvalue weighted by atomic mass is 32.2. The predicted octanol–water partition coefficient (Wildman–Crippen LogP) is 1.49. The predicted molar refractivity (Wildman–Crippen MR) is 81.4 cm³/mol. The molecule has 1 aromatic carbocycles. The first-order valence-corrected chi connectivity index (χ1v) is 8.38. The zero-order valence-corrected chi connectivity index (χ0v) is 13.1. The number of hydrogen-bond donors (Lipinski definition) is 2. The van der Waals surface area contributed by atoms with Crippen LogP contribution in [0.25, 0.3) is 0 Å². The molecule has 112 valence electrons. The van der Waals surface area contributed by atoms with Crippen LogP contribution in [0.1, 0.15) is 19.8 Å². The molecule has 20 heavy (non-hydrogen) atoms. The van der Waals surface area contributed by atoms with Gasteiger partial charge in [-0.1, -0.05) is 0 Å². The molecule has 6 heteroatoms. The van der Waals surface area contributed by atoms with E-state index in [2.05, 4.69) is 17.6 Å². The maximum atomic E-state index is 12.0. The van der Waals surface area contributed by atoms with E-state index in [-0.39, 0.29) is 0 Å². The molecule has 1 saturated heterocycles. The lowest BCUT2D eigenvalue weighted by Crippen LogP contribution is -2.46. The average Bonchev–Trinajstić information content (AvgIpc) is 2.42. The molecule has 2 N–H and O–H groups in total. The quantitative estimate of drug-likeness (QED) is 0.884. The largest absolute Gasteiger partial charge is 0.381 e. The van der Waals surface area contributed by atoms with Crippen LogP contribution in [0.2, 0.25) is 0 Å². The third kappa shape index (κ3) is 3.31. The second-order valence-corrected chi connectivity index (χ2v) is 7.60. The Morgan fingerprint density at radius 1 is 1.25 bits per heavy atom. The number of benzene rings is 1. The summed E-state index contributed by atoms with van der Waals surface area (Å²) in [6.45, 7) is 3.24. The van der Waals surface area contributed by atoms with Crippen molar-refractivity contribution < 1.29 is 8.42 Å². The van der Waals surface area contributed by atoms with Crippen LogP contribution in [0.3, 0.4) is 0 Å². The van der Waals surface area contributed by atoms with Gasteiger partial charge in [0, 0.05) is 31.9 Å².